The molecule has 0 saturated carbocycles. The van der Waals surface area contributed by atoms with E-state index in [9.17, 15) is 9.59 Å². The Bertz CT molecular complexity index is 880. The summed E-state index contributed by atoms with van der Waals surface area (Å²) in [7, 11) is 0. The molecule has 0 bridgehead atoms. The van der Waals surface area contributed by atoms with Crippen LogP contribution in [0.2, 0.25) is 5.02 Å². The zero-order valence-electron chi connectivity index (χ0n) is 10.1. The molecule has 6 heteroatoms. The van der Waals surface area contributed by atoms with Crippen molar-refractivity contribution >= 4 is 28.5 Å². The van der Waals surface area contributed by atoms with E-state index >= 15 is 0 Å². The van der Waals surface area contributed by atoms with Crippen LogP contribution < -0.4 is 5.43 Å². The summed E-state index contributed by atoms with van der Waals surface area (Å²) in [6, 6.07) is 10.7. The summed E-state index contributed by atoms with van der Waals surface area (Å²) in [6.07, 6.45) is 1.76. The van der Waals surface area contributed by atoms with Gasteiger partial charge in [0.05, 0.1) is 5.52 Å². The van der Waals surface area contributed by atoms with E-state index in [0.29, 0.717) is 5.82 Å². The van der Waals surface area contributed by atoms with Crippen LogP contribution in [0.5, 0.6) is 0 Å². The largest absolute Gasteiger partial charge is 0.477 e. The second kappa shape index (κ2) is 4.54. The lowest BCUT2D eigenvalue weighted by molar-refractivity contribution is 0.0690. The van der Waals surface area contributed by atoms with Crippen molar-refractivity contribution in [3.05, 3.63) is 63.5 Å². The fraction of sp³-hybridized carbons (Fsp3) is 0. The normalized spacial score (nSPS) is 10.8. The predicted octanol–water partition coefficient (Wildman–Crippen LogP) is 2.67. The maximum absolute atomic E-state index is 11.8. The molecule has 0 spiro atoms. The third-order valence-corrected chi connectivity index (χ3v) is 3.40. The number of hydrogen-bond donors (Lipinski definition) is 2. The van der Waals surface area contributed by atoms with Crippen LogP contribution in [0.1, 0.15) is 10.5 Å². The van der Waals surface area contributed by atoms with E-state index in [2.05, 4.69) is 4.98 Å². The molecule has 100 valence electrons. The fourth-order valence-corrected chi connectivity index (χ4v) is 2.28. The first-order valence-corrected chi connectivity index (χ1v) is 6.18. The zero-order chi connectivity index (χ0) is 14.3. The molecule has 0 fully saturated rings. The van der Waals surface area contributed by atoms with E-state index in [1.54, 1.807) is 10.8 Å². The lowest BCUT2D eigenvalue weighted by atomic mass is 10.2. The number of carbonyl (C=O) groups is 1. The maximum atomic E-state index is 11.8. The SMILES string of the molecule is O=C(O)c1[nH]c(-n2ccc3ccccc32)cc(=O)c1Cl. The number of carboxylic acids is 1. The van der Waals surface area contributed by atoms with Gasteiger partial charge in [0.1, 0.15) is 16.5 Å². The summed E-state index contributed by atoms with van der Waals surface area (Å²) in [4.78, 5) is 25.5. The van der Waals surface area contributed by atoms with Crippen LogP contribution in [-0.2, 0) is 0 Å². The second-order valence-electron chi connectivity index (χ2n) is 4.26. The number of fused-ring (bicyclic) bond motifs is 1. The van der Waals surface area contributed by atoms with Crippen LogP contribution in [0, 0.1) is 0 Å². The van der Waals surface area contributed by atoms with Crippen LogP contribution in [0.25, 0.3) is 16.7 Å². The molecule has 0 aliphatic carbocycles. The van der Waals surface area contributed by atoms with E-state index in [0.717, 1.165) is 10.9 Å². The van der Waals surface area contributed by atoms with Crippen molar-refractivity contribution in [1.82, 2.24) is 9.55 Å². The average molecular weight is 289 g/mol. The Hall–Kier alpha value is -2.53. The van der Waals surface area contributed by atoms with Crippen molar-refractivity contribution in [2.75, 3.05) is 0 Å². The van der Waals surface area contributed by atoms with Gasteiger partial charge in [-0.25, -0.2) is 4.79 Å². The van der Waals surface area contributed by atoms with Crippen LogP contribution in [0.15, 0.2) is 47.4 Å². The van der Waals surface area contributed by atoms with Crippen molar-refractivity contribution < 1.29 is 9.90 Å². The van der Waals surface area contributed by atoms with Gasteiger partial charge < -0.3 is 14.7 Å². The van der Waals surface area contributed by atoms with Gasteiger partial charge in [-0.1, -0.05) is 29.8 Å². The monoisotopic (exact) mass is 288 g/mol. The van der Waals surface area contributed by atoms with Crippen LogP contribution in [0.4, 0.5) is 0 Å². The minimum atomic E-state index is -1.27. The van der Waals surface area contributed by atoms with Crippen LogP contribution in [-0.4, -0.2) is 20.6 Å². The van der Waals surface area contributed by atoms with E-state index in [1.165, 1.54) is 6.07 Å². The Balaban J connectivity index is 2.30. The molecular formula is C14H9ClN2O3. The summed E-state index contributed by atoms with van der Waals surface area (Å²) in [5.41, 5.74) is 0.0179. The Morgan fingerprint density at radius 3 is 2.75 bits per heavy atom. The number of hydrogen-bond acceptors (Lipinski definition) is 2. The first-order chi connectivity index (χ1) is 9.58. The number of H-pyrrole nitrogens is 1. The quantitative estimate of drug-likeness (QED) is 0.761. The van der Waals surface area contributed by atoms with Gasteiger partial charge in [0.2, 0.25) is 5.43 Å². The summed E-state index contributed by atoms with van der Waals surface area (Å²) in [6.45, 7) is 0. The van der Waals surface area contributed by atoms with Crippen LogP contribution >= 0.6 is 11.6 Å². The van der Waals surface area contributed by atoms with Gasteiger partial charge in [0.15, 0.2) is 0 Å². The van der Waals surface area contributed by atoms with E-state index in [-0.39, 0.29) is 10.7 Å². The third-order valence-electron chi connectivity index (χ3n) is 3.03. The van der Waals surface area contributed by atoms with E-state index in [1.807, 2.05) is 30.3 Å². The van der Waals surface area contributed by atoms with Crippen molar-refractivity contribution in [2.24, 2.45) is 0 Å². The van der Waals surface area contributed by atoms with E-state index in [4.69, 9.17) is 16.7 Å². The molecule has 0 aliphatic heterocycles. The molecule has 5 nitrogen and oxygen atoms in total. The summed E-state index contributed by atoms with van der Waals surface area (Å²) in [5.74, 6) is -0.914. The van der Waals surface area contributed by atoms with Crippen molar-refractivity contribution in [3.63, 3.8) is 0 Å². The number of aromatic nitrogens is 2. The molecule has 20 heavy (non-hydrogen) atoms. The molecule has 3 rings (SSSR count). The number of nitrogens with zero attached hydrogens (tertiary/aromatic N) is 1. The average Bonchev–Trinajstić information content (AvgIpc) is 2.85. The number of benzene rings is 1. The van der Waals surface area contributed by atoms with Gasteiger partial charge in [-0.2, -0.15) is 0 Å². The molecule has 0 radical (unpaired) electrons. The Morgan fingerprint density at radius 1 is 1.25 bits per heavy atom. The highest BCUT2D eigenvalue weighted by molar-refractivity contribution is 6.33. The molecule has 0 unspecified atom stereocenters. The molecule has 3 aromatic rings. The highest BCUT2D eigenvalue weighted by Crippen LogP contribution is 2.19. The summed E-state index contributed by atoms with van der Waals surface area (Å²) < 4.78 is 1.71. The van der Waals surface area contributed by atoms with Gasteiger partial charge in [0, 0.05) is 12.3 Å². The Labute approximate surface area is 118 Å². The minimum absolute atomic E-state index is 0.313. The van der Waals surface area contributed by atoms with Gasteiger partial charge in [-0.3, -0.25) is 4.79 Å². The molecule has 2 aromatic heterocycles. The first kappa shape index (κ1) is 12.5. The van der Waals surface area contributed by atoms with Gasteiger partial charge >= 0.3 is 5.97 Å². The Kier molecular flexibility index (Phi) is 2.84. The van der Waals surface area contributed by atoms with Gasteiger partial charge in [0.25, 0.3) is 0 Å². The van der Waals surface area contributed by atoms with Gasteiger partial charge in [-0.05, 0) is 17.5 Å². The topological polar surface area (TPSA) is 75.1 Å². The molecule has 1 aromatic carbocycles. The van der Waals surface area contributed by atoms with Crippen LogP contribution in [0.3, 0.4) is 0 Å². The van der Waals surface area contributed by atoms with Gasteiger partial charge in [-0.15, -0.1) is 0 Å². The third kappa shape index (κ3) is 1.88. The molecular weight excluding hydrogens is 280 g/mol. The molecule has 2 N–H and O–H groups in total. The Morgan fingerprint density at radius 2 is 2.00 bits per heavy atom. The lowest BCUT2D eigenvalue weighted by Crippen LogP contribution is -2.14. The number of pyridine rings is 1. The maximum Gasteiger partial charge on any atom is 0.354 e. The fourth-order valence-electron chi connectivity index (χ4n) is 2.10. The number of aromatic carboxylic acids is 1. The highest BCUT2D eigenvalue weighted by atomic mass is 35.5. The molecule has 2 heterocycles. The standard InChI is InChI=1S/C14H9ClN2O3/c15-12-10(18)7-11(16-13(12)14(19)20)17-6-5-8-3-1-2-4-9(8)17/h1-7H,(H,16,18)(H,19,20). The van der Waals surface area contributed by atoms with E-state index < -0.39 is 11.4 Å². The highest BCUT2D eigenvalue weighted by Gasteiger charge is 2.15. The number of halogens is 1. The van der Waals surface area contributed by atoms with Crippen molar-refractivity contribution in [3.8, 4) is 5.82 Å². The molecule has 0 aliphatic rings. The molecule has 0 atom stereocenters. The number of aromatic amines is 1. The number of rotatable bonds is 2. The second-order valence-corrected chi connectivity index (χ2v) is 4.64. The minimum Gasteiger partial charge on any atom is -0.477 e. The molecule has 0 amide bonds. The first-order valence-electron chi connectivity index (χ1n) is 5.80. The lowest BCUT2D eigenvalue weighted by Gasteiger charge is -2.07. The smallest absolute Gasteiger partial charge is 0.354 e. The number of nitrogens with one attached hydrogen (secondary N) is 1. The number of carboxylic acid groups (broad SMARTS) is 1. The summed E-state index contributed by atoms with van der Waals surface area (Å²) in [5, 5.41) is 9.73. The predicted molar refractivity (Wildman–Crippen MR) is 75.9 cm³/mol. The zero-order valence-corrected chi connectivity index (χ0v) is 10.9. The van der Waals surface area contributed by atoms with Crippen molar-refractivity contribution in [2.45, 2.75) is 0 Å². The number of para-hydroxylation sites is 1. The van der Waals surface area contributed by atoms with Crippen molar-refractivity contribution in [1.29, 1.82) is 0 Å². The summed E-state index contributed by atoms with van der Waals surface area (Å²) >= 11 is 5.71. The molecule has 0 saturated heterocycles.